The molecule has 2 aromatic rings. The Hall–Kier alpha value is -2.51. The maximum absolute atomic E-state index is 12.3. The summed E-state index contributed by atoms with van der Waals surface area (Å²) in [5.41, 5.74) is 1.68. The number of hydrogen-bond donors (Lipinski definition) is 1. The van der Waals surface area contributed by atoms with Crippen LogP contribution in [0.4, 0.5) is 0 Å². The fourth-order valence-corrected chi connectivity index (χ4v) is 2.95. The number of rotatable bonds is 5. The van der Waals surface area contributed by atoms with Crippen LogP contribution in [-0.4, -0.2) is 32.4 Å². The monoisotopic (exact) mass is 331 g/mol. The molecule has 0 saturated carbocycles. The molecule has 128 valence electrons. The predicted octanol–water partition coefficient (Wildman–Crippen LogP) is 0.326. The van der Waals surface area contributed by atoms with Gasteiger partial charge in [0.05, 0.1) is 5.69 Å². The Morgan fingerprint density at radius 1 is 1.50 bits per heavy atom. The van der Waals surface area contributed by atoms with Gasteiger partial charge in [-0.25, -0.2) is 4.68 Å². The minimum Gasteiger partial charge on any atom is -0.356 e. The number of aromatic nitrogens is 4. The Morgan fingerprint density at radius 2 is 2.33 bits per heavy atom. The van der Waals surface area contributed by atoms with Crippen molar-refractivity contribution in [2.75, 3.05) is 6.54 Å². The zero-order valence-corrected chi connectivity index (χ0v) is 13.9. The van der Waals surface area contributed by atoms with Crippen LogP contribution in [0.2, 0.25) is 0 Å². The zero-order chi connectivity index (χ0) is 17.1. The largest absolute Gasteiger partial charge is 0.356 e. The van der Waals surface area contributed by atoms with Gasteiger partial charge in [0.2, 0.25) is 11.8 Å². The number of carbonyl (C=O) groups excluding carboxylic acids is 1. The highest BCUT2D eigenvalue weighted by atomic mass is 16.5. The maximum Gasteiger partial charge on any atom is 0.266 e. The first-order valence-corrected chi connectivity index (χ1v) is 8.16. The molecule has 0 bridgehead atoms. The van der Waals surface area contributed by atoms with Gasteiger partial charge in [-0.2, -0.15) is 10.1 Å². The first kappa shape index (κ1) is 16.4. The van der Waals surface area contributed by atoms with Crippen molar-refractivity contribution in [2.45, 2.75) is 39.0 Å². The van der Waals surface area contributed by atoms with Gasteiger partial charge < -0.3 is 9.84 Å². The number of fused-ring (bicyclic) bond motifs is 1. The third-order valence-corrected chi connectivity index (χ3v) is 4.26. The number of nitrogens with zero attached hydrogens (tertiary/aromatic N) is 4. The lowest BCUT2D eigenvalue weighted by Crippen LogP contribution is -2.36. The molecule has 3 rings (SSSR count). The molecule has 8 nitrogen and oxygen atoms in total. The Morgan fingerprint density at radius 3 is 3.08 bits per heavy atom. The van der Waals surface area contributed by atoms with E-state index in [1.165, 1.54) is 4.68 Å². The van der Waals surface area contributed by atoms with Crippen LogP contribution in [0.1, 0.15) is 35.8 Å². The number of nitrogens with one attached hydrogen (secondary N) is 1. The van der Waals surface area contributed by atoms with Crippen LogP contribution in [0.25, 0.3) is 0 Å². The lowest BCUT2D eigenvalue weighted by atomic mass is 9.86. The molecule has 2 aromatic heterocycles. The summed E-state index contributed by atoms with van der Waals surface area (Å²) >= 11 is 0. The number of hydrogen-bond acceptors (Lipinski definition) is 6. The van der Waals surface area contributed by atoms with Gasteiger partial charge in [-0.15, -0.1) is 0 Å². The van der Waals surface area contributed by atoms with Gasteiger partial charge >= 0.3 is 0 Å². The van der Waals surface area contributed by atoms with Crippen molar-refractivity contribution in [3.8, 4) is 0 Å². The zero-order valence-electron chi connectivity index (χ0n) is 13.9. The molecule has 1 atom stereocenters. The van der Waals surface area contributed by atoms with Crippen LogP contribution in [0, 0.1) is 12.8 Å². The summed E-state index contributed by atoms with van der Waals surface area (Å²) in [6.07, 6.45) is 3.45. The fraction of sp³-hybridized carbons (Fsp3) is 0.562. The molecule has 0 aliphatic heterocycles. The molecule has 1 unspecified atom stereocenters. The third kappa shape index (κ3) is 3.69. The second-order valence-electron chi connectivity index (χ2n) is 6.15. The summed E-state index contributed by atoms with van der Waals surface area (Å²) in [6, 6.07) is 1.60. The van der Waals surface area contributed by atoms with Gasteiger partial charge in [-0.05, 0) is 38.2 Å². The van der Waals surface area contributed by atoms with Gasteiger partial charge in [0.1, 0.15) is 0 Å². The first-order valence-electron chi connectivity index (χ1n) is 8.16. The number of amides is 1. The Labute approximate surface area is 139 Å². The van der Waals surface area contributed by atoms with Gasteiger partial charge in [-0.1, -0.05) is 5.16 Å². The smallest absolute Gasteiger partial charge is 0.266 e. The summed E-state index contributed by atoms with van der Waals surface area (Å²) in [6.45, 7) is 2.34. The van der Waals surface area contributed by atoms with E-state index in [4.69, 9.17) is 4.52 Å². The maximum atomic E-state index is 12.3. The van der Waals surface area contributed by atoms with E-state index < -0.39 is 0 Å². The van der Waals surface area contributed by atoms with Crippen molar-refractivity contribution in [1.82, 2.24) is 25.2 Å². The van der Waals surface area contributed by atoms with Crippen LogP contribution in [0.15, 0.2) is 15.4 Å². The standard InChI is InChI=1S/C16H21N5O3/c1-10-18-14(24-20-10)4-3-7-17-16(23)11-5-6-13-12(8-11)9-15(22)21(2)19-13/h9,11H,3-8H2,1-2H3,(H,17,23). The molecular weight excluding hydrogens is 310 g/mol. The molecule has 0 fully saturated rings. The van der Waals surface area contributed by atoms with Crippen molar-refractivity contribution in [1.29, 1.82) is 0 Å². The predicted molar refractivity (Wildman–Crippen MR) is 85.4 cm³/mol. The first-order chi connectivity index (χ1) is 11.5. The Kier molecular flexibility index (Phi) is 4.73. The molecule has 2 heterocycles. The van der Waals surface area contributed by atoms with Crippen molar-refractivity contribution in [3.05, 3.63) is 39.4 Å². The molecule has 1 aliphatic rings. The lowest BCUT2D eigenvalue weighted by molar-refractivity contribution is -0.125. The molecule has 0 aromatic carbocycles. The SMILES string of the molecule is Cc1noc(CCCNC(=O)C2CCc3nn(C)c(=O)cc3C2)n1. The van der Waals surface area contributed by atoms with E-state index in [0.29, 0.717) is 31.1 Å². The average Bonchev–Trinajstić information content (AvgIpc) is 2.97. The van der Waals surface area contributed by atoms with Gasteiger partial charge in [0.15, 0.2) is 5.82 Å². The fourth-order valence-electron chi connectivity index (χ4n) is 2.95. The Bertz CT molecular complexity index is 795. The van der Waals surface area contributed by atoms with E-state index in [1.54, 1.807) is 20.0 Å². The van der Waals surface area contributed by atoms with Crippen LogP contribution >= 0.6 is 0 Å². The second kappa shape index (κ2) is 6.94. The van der Waals surface area contributed by atoms with Crippen LogP contribution in [0.3, 0.4) is 0 Å². The molecular formula is C16H21N5O3. The highest BCUT2D eigenvalue weighted by molar-refractivity contribution is 5.79. The van der Waals surface area contributed by atoms with Gasteiger partial charge in [0.25, 0.3) is 5.56 Å². The highest BCUT2D eigenvalue weighted by Crippen LogP contribution is 2.23. The molecule has 0 spiro atoms. The number of aryl methyl sites for hydroxylation is 4. The van der Waals surface area contributed by atoms with Gasteiger partial charge in [-0.3, -0.25) is 9.59 Å². The second-order valence-corrected chi connectivity index (χ2v) is 6.15. The molecule has 24 heavy (non-hydrogen) atoms. The van der Waals surface area contributed by atoms with E-state index in [0.717, 1.165) is 30.5 Å². The summed E-state index contributed by atoms with van der Waals surface area (Å²) in [7, 11) is 1.65. The minimum absolute atomic E-state index is 0.0306. The van der Waals surface area contributed by atoms with Crippen molar-refractivity contribution < 1.29 is 9.32 Å². The van der Waals surface area contributed by atoms with Crippen molar-refractivity contribution in [2.24, 2.45) is 13.0 Å². The van der Waals surface area contributed by atoms with Crippen LogP contribution < -0.4 is 10.9 Å². The van der Waals surface area contributed by atoms with Crippen LogP contribution in [0.5, 0.6) is 0 Å². The summed E-state index contributed by atoms with van der Waals surface area (Å²) in [4.78, 5) is 28.1. The van der Waals surface area contributed by atoms with E-state index in [9.17, 15) is 9.59 Å². The summed E-state index contributed by atoms with van der Waals surface area (Å²) in [5.74, 6) is 1.14. The van der Waals surface area contributed by atoms with Crippen molar-refractivity contribution in [3.63, 3.8) is 0 Å². The van der Waals surface area contributed by atoms with E-state index in [2.05, 4.69) is 20.6 Å². The summed E-state index contributed by atoms with van der Waals surface area (Å²) < 4.78 is 6.38. The molecule has 8 heteroatoms. The number of carbonyl (C=O) groups is 1. The molecule has 1 N–H and O–H groups in total. The topological polar surface area (TPSA) is 103 Å². The van der Waals surface area contributed by atoms with Crippen molar-refractivity contribution >= 4 is 5.91 Å². The van der Waals surface area contributed by atoms with E-state index >= 15 is 0 Å². The third-order valence-electron chi connectivity index (χ3n) is 4.26. The van der Waals surface area contributed by atoms with E-state index in [1.807, 2.05) is 0 Å². The normalized spacial score (nSPS) is 16.7. The summed E-state index contributed by atoms with van der Waals surface area (Å²) in [5, 5.41) is 11.0. The van der Waals surface area contributed by atoms with Crippen LogP contribution in [-0.2, 0) is 31.1 Å². The average molecular weight is 331 g/mol. The highest BCUT2D eigenvalue weighted by Gasteiger charge is 2.26. The lowest BCUT2D eigenvalue weighted by Gasteiger charge is -2.23. The van der Waals surface area contributed by atoms with Gasteiger partial charge in [0, 0.05) is 32.0 Å². The molecule has 1 amide bonds. The molecule has 0 radical (unpaired) electrons. The quantitative estimate of drug-likeness (QED) is 0.792. The Balaban J connectivity index is 1.49. The minimum atomic E-state index is -0.135. The molecule has 0 saturated heterocycles. The van der Waals surface area contributed by atoms with E-state index in [-0.39, 0.29) is 17.4 Å². The molecule has 1 aliphatic carbocycles.